The van der Waals surface area contributed by atoms with Crippen LogP contribution in [-0.4, -0.2) is 82.9 Å². The molecular formula is C26H34O11. The molecular weight excluding hydrogens is 488 g/mol. The van der Waals surface area contributed by atoms with E-state index in [2.05, 4.69) is 0 Å². The van der Waals surface area contributed by atoms with Gasteiger partial charge in [-0.1, -0.05) is 19.9 Å². The normalized spacial score (nSPS) is 44.3. The van der Waals surface area contributed by atoms with Gasteiger partial charge < -0.3 is 33.9 Å². The number of fused-ring (bicyclic) bond motifs is 4. The van der Waals surface area contributed by atoms with Gasteiger partial charge in [-0.25, -0.2) is 0 Å². The summed E-state index contributed by atoms with van der Waals surface area (Å²) in [7, 11) is 0. The molecule has 2 N–H and O–H groups in total. The Kier molecular flexibility index (Phi) is 7.02. The summed E-state index contributed by atoms with van der Waals surface area (Å²) < 4.78 is 28.8. The highest BCUT2D eigenvalue weighted by molar-refractivity contribution is 5.78. The van der Waals surface area contributed by atoms with E-state index >= 15 is 0 Å². The number of aliphatic hydroxyl groups excluding tert-OH is 1. The van der Waals surface area contributed by atoms with Gasteiger partial charge in [0.1, 0.15) is 24.4 Å². The monoisotopic (exact) mass is 522 g/mol. The van der Waals surface area contributed by atoms with Crippen molar-refractivity contribution in [1.29, 1.82) is 0 Å². The van der Waals surface area contributed by atoms with Crippen LogP contribution in [0.5, 0.6) is 0 Å². The van der Waals surface area contributed by atoms with Gasteiger partial charge in [-0.2, -0.15) is 0 Å². The van der Waals surface area contributed by atoms with Crippen LogP contribution >= 0.6 is 0 Å². The second-order valence-corrected chi connectivity index (χ2v) is 10.6. The Balaban J connectivity index is 1.99. The van der Waals surface area contributed by atoms with E-state index in [1.807, 2.05) is 0 Å². The van der Waals surface area contributed by atoms with E-state index in [4.69, 9.17) is 23.7 Å². The minimum absolute atomic E-state index is 0.293. The van der Waals surface area contributed by atoms with Crippen LogP contribution in [0, 0.1) is 23.2 Å². The lowest BCUT2D eigenvalue weighted by Crippen LogP contribution is -2.67. The molecule has 3 fully saturated rings. The van der Waals surface area contributed by atoms with E-state index in [9.17, 15) is 29.4 Å². The lowest BCUT2D eigenvalue weighted by Gasteiger charge is -2.53. The van der Waals surface area contributed by atoms with Gasteiger partial charge in [-0.3, -0.25) is 19.2 Å². The van der Waals surface area contributed by atoms with E-state index in [1.54, 1.807) is 26.0 Å². The second-order valence-electron chi connectivity index (χ2n) is 10.6. The molecule has 1 saturated carbocycles. The van der Waals surface area contributed by atoms with Crippen LogP contribution in [0.25, 0.3) is 0 Å². The topological polar surface area (TPSA) is 158 Å². The summed E-state index contributed by atoms with van der Waals surface area (Å²) in [6.45, 7) is 8.29. The number of carbonyl (C=O) groups is 4. The summed E-state index contributed by atoms with van der Waals surface area (Å²) >= 11 is 0. The highest BCUT2D eigenvalue weighted by Crippen LogP contribution is 2.61. The van der Waals surface area contributed by atoms with Crippen molar-refractivity contribution in [3.05, 3.63) is 23.8 Å². The minimum Gasteiger partial charge on any atom is -0.459 e. The van der Waals surface area contributed by atoms with Crippen LogP contribution in [0.2, 0.25) is 0 Å². The number of rotatable bonds is 4. The molecule has 0 spiro atoms. The Bertz CT molecular complexity index is 1050. The van der Waals surface area contributed by atoms with Gasteiger partial charge in [0.25, 0.3) is 0 Å². The molecule has 0 aromatic carbocycles. The van der Waals surface area contributed by atoms with Gasteiger partial charge in [0.15, 0.2) is 11.7 Å². The van der Waals surface area contributed by atoms with Crippen molar-refractivity contribution in [2.45, 2.75) is 83.8 Å². The van der Waals surface area contributed by atoms with E-state index in [-0.39, 0.29) is 0 Å². The molecule has 37 heavy (non-hydrogen) atoms. The third-order valence-electron chi connectivity index (χ3n) is 8.33. The molecule has 4 rings (SSSR count). The third kappa shape index (κ3) is 4.36. The molecule has 0 bridgehead atoms. The quantitative estimate of drug-likeness (QED) is 0.303. The molecule has 4 aliphatic rings. The van der Waals surface area contributed by atoms with E-state index in [1.165, 1.54) is 33.8 Å². The van der Waals surface area contributed by atoms with Gasteiger partial charge in [-0.05, 0) is 24.6 Å². The maximum Gasteiger partial charge on any atom is 0.312 e. The smallest absolute Gasteiger partial charge is 0.312 e. The lowest BCUT2D eigenvalue weighted by atomic mass is 9.54. The summed E-state index contributed by atoms with van der Waals surface area (Å²) in [5, 5.41) is 22.3. The summed E-state index contributed by atoms with van der Waals surface area (Å²) in [6.07, 6.45) is -0.933. The van der Waals surface area contributed by atoms with Gasteiger partial charge in [0.2, 0.25) is 0 Å². The Hall–Kier alpha value is -2.76. The van der Waals surface area contributed by atoms with Gasteiger partial charge in [0, 0.05) is 38.0 Å². The SMILES string of the molecule is CC(=O)OC1C(C)C2C(OC(C)=O)C3(O)C(C=C(CO)C=CC(OC(C)=O)C2(C)C2OC12)OC(=O)C3C. The fourth-order valence-electron chi connectivity index (χ4n) is 6.54. The van der Waals surface area contributed by atoms with Gasteiger partial charge >= 0.3 is 23.9 Å². The van der Waals surface area contributed by atoms with Crippen molar-refractivity contribution in [2.24, 2.45) is 23.2 Å². The number of hydrogen-bond donors (Lipinski definition) is 2. The zero-order chi connectivity index (χ0) is 27.4. The second kappa shape index (κ2) is 9.52. The zero-order valence-electron chi connectivity index (χ0n) is 21.7. The van der Waals surface area contributed by atoms with Gasteiger partial charge in [-0.15, -0.1) is 0 Å². The molecule has 204 valence electrons. The molecule has 0 radical (unpaired) electrons. The molecule has 11 unspecified atom stereocenters. The highest BCUT2D eigenvalue weighted by atomic mass is 16.6. The van der Waals surface area contributed by atoms with Crippen LogP contribution in [0.3, 0.4) is 0 Å². The zero-order valence-corrected chi connectivity index (χ0v) is 21.7. The van der Waals surface area contributed by atoms with Crippen molar-refractivity contribution < 1.29 is 53.1 Å². The van der Waals surface area contributed by atoms with Crippen LogP contribution in [0.1, 0.15) is 41.5 Å². The van der Waals surface area contributed by atoms with Crippen molar-refractivity contribution in [3.8, 4) is 0 Å². The van der Waals surface area contributed by atoms with Crippen LogP contribution in [0.15, 0.2) is 23.8 Å². The minimum atomic E-state index is -2.07. The van der Waals surface area contributed by atoms with Crippen LogP contribution in [0.4, 0.5) is 0 Å². The molecule has 0 aromatic heterocycles. The molecule has 2 heterocycles. The number of ether oxygens (including phenoxy) is 5. The van der Waals surface area contributed by atoms with E-state index in [0.717, 1.165) is 0 Å². The van der Waals surface area contributed by atoms with E-state index < -0.39 is 95.9 Å². The molecule has 11 atom stereocenters. The number of aliphatic hydroxyl groups is 2. The van der Waals surface area contributed by atoms with Crippen molar-refractivity contribution in [1.82, 2.24) is 0 Å². The number of epoxide rings is 1. The summed E-state index contributed by atoms with van der Waals surface area (Å²) in [5.41, 5.74) is -2.90. The maximum absolute atomic E-state index is 12.8. The maximum atomic E-state index is 12.8. The average Bonchev–Trinajstić information content (AvgIpc) is 3.58. The first-order valence-corrected chi connectivity index (χ1v) is 12.4. The van der Waals surface area contributed by atoms with Crippen molar-refractivity contribution >= 4 is 23.9 Å². The molecule has 2 saturated heterocycles. The standard InChI is InChI=1S/C26H34O11/c1-11-19-22(35-15(5)30)26(32)12(2)24(31)36-18(26)9-16(10-27)7-8-17(33-13(3)28)25(19,6)23-21(37-23)20(11)34-14(4)29/h7-9,11-12,17-23,27,32H,10H2,1-6H3. The van der Waals surface area contributed by atoms with Crippen molar-refractivity contribution in [3.63, 3.8) is 0 Å². The van der Waals surface area contributed by atoms with E-state index in [0.29, 0.717) is 5.57 Å². The fourth-order valence-corrected chi connectivity index (χ4v) is 6.54. The summed E-state index contributed by atoms with van der Waals surface area (Å²) in [5.74, 6) is -5.09. The molecule has 11 nitrogen and oxygen atoms in total. The first-order chi connectivity index (χ1) is 17.3. The molecule has 0 amide bonds. The molecule has 0 aromatic rings. The van der Waals surface area contributed by atoms with Crippen LogP contribution in [-0.2, 0) is 42.9 Å². The Morgan fingerprint density at radius 1 is 1.05 bits per heavy atom. The Labute approximate surface area is 214 Å². The third-order valence-corrected chi connectivity index (χ3v) is 8.33. The molecule has 2 aliphatic carbocycles. The van der Waals surface area contributed by atoms with Crippen LogP contribution < -0.4 is 0 Å². The summed E-state index contributed by atoms with van der Waals surface area (Å²) in [4.78, 5) is 49.4. The number of hydrogen-bond acceptors (Lipinski definition) is 11. The predicted octanol–water partition coefficient (Wildman–Crippen LogP) is 0.602. The first kappa shape index (κ1) is 27.3. The fraction of sp³-hybridized carbons (Fsp3) is 0.692. The Morgan fingerprint density at radius 3 is 2.24 bits per heavy atom. The Morgan fingerprint density at radius 2 is 1.68 bits per heavy atom. The molecule has 11 heteroatoms. The van der Waals surface area contributed by atoms with Crippen molar-refractivity contribution in [2.75, 3.05) is 6.61 Å². The van der Waals surface area contributed by atoms with Gasteiger partial charge in [0.05, 0.1) is 18.6 Å². The molecule has 2 aliphatic heterocycles. The highest BCUT2D eigenvalue weighted by Gasteiger charge is 2.74. The number of esters is 4. The summed E-state index contributed by atoms with van der Waals surface area (Å²) in [6, 6.07) is 0. The largest absolute Gasteiger partial charge is 0.459 e. The first-order valence-electron chi connectivity index (χ1n) is 12.4. The average molecular weight is 523 g/mol. The number of carbonyl (C=O) groups excluding carboxylic acids is 4. The lowest BCUT2D eigenvalue weighted by molar-refractivity contribution is -0.218. The predicted molar refractivity (Wildman–Crippen MR) is 124 cm³/mol.